The molecule has 132 valence electrons. The highest BCUT2D eigenvalue weighted by atomic mass is 16.3. The number of benzene rings is 1. The second-order valence-corrected chi connectivity index (χ2v) is 6.60. The van der Waals surface area contributed by atoms with Crippen molar-refractivity contribution >= 4 is 11.7 Å². The molecule has 3 rings (SSSR count). The first-order valence-corrected chi connectivity index (χ1v) is 8.33. The zero-order valence-corrected chi connectivity index (χ0v) is 14.3. The van der Waals surface area contributed by atoms with Gasteiger partial charge in [-0.3, -0.25) is 4.79 Å². The zero-order chi connectivity index (χ0) is 17.9. The second-order valence-electron chi connectivity index (χ2n) is 6.60. The molecule has 1 aliphatic heterocycles. The molecule has 0 unspecified atom stereocenters. The number of carbonyl (C=O) groups is 1. The van der Waals surface area contributed by atoms with Gasteiger partial charge in [-0.2, -0.15) is 0 Å². The molecule has 1 aromatic heterocycles. The Labute approximate surface area is 146 Å². The average molecular weight is 341 g/mol. The van der Waals surface area contributed by atoms with Crippen LogP contribution in [0.4, 0.5) is 5.82 Å². The number of nitrogens with two attached hydrogens (primary N) is 1. The van der Waals surface area contributed by atoms with E-state index in [-0.39, 0.29) is 12.5 Å². The number of nitrogens with one attached hydrogen (secondary N) is 1. The molecule has 25 heavy (non-hydrogen) atoms. The summed E-state index contributed by atoms with van der Waals surface area (Å²) in [7, 11) is 2.03. The Morgan fingerprint density at radius 3 is 2.84 bits per heavy atom. The summed E-state index contributed by atoms with van der Waals surface area (Å²) >= 11 is 0. The van der Waals surface area contributed by atoms with Gasteiger partial charge in [0.1, 0.15) is 5.82 Å². The van der Waals surface area contributed by atoms with Crippen molar-refractivity contribution in [3.05, 3.63) is 42.1 Å². The molecule has 1 amide bonds. The zero-order valence-electron chi connectivity index (χ0n) is 14.3. The Hall–Kier alpha value is -2.51. The molecule has 0 radical (unpaired) electrons. The van der Waals surface area contributed by atoms with E-state index in [1.807, 2.05) is 13.1 Å². The van der Waals surface area contributed by atoms with E-state index in [1.54, 1.807) is 30.5 Å². The minimum Gasteiger partial charge on any atom is -0.388 e. The van der Waals surface area contributed by atoms with Crippen LogP contribution in [-0.2, 0) is 0 Å². The first-order valence-electron chi connectivity index (χ1n) is 8.33. The van der Waals surface area contributed by atoms with Crippen LogP contribution in [0, 0.1) is 0 Å². The average Bonchev–Trinajstić information content (AvgIpc) is 2.63. The lowest BCUT2D eigenvalue weighted by atomic mass is 9.91. The Morgan fingerprint density at radius 2 is 2.12 bits per heavy atom. The number of nitrogens with zero attached hydrogens (tertiary/aromatic N) is 3. The van der Waals surface area contributed by atoms with Gasteiger partial charge < -0.3 is 21.1 Å². The van der Waals surface area contributed by atoms with Crippen LogP contribution in [0.5, 0.6) is 0 Å². The summed E-state index contributed by atoms with van der Waals surface area (Å²) in [5.74, 6) is 0.631. The maximum Gasteiger partial charge on any atom is 0.251 e. The summed E-state index contributed by atoms with van der Waals surface area (Å²) in [5.41, 5.74) is 6.07. The highest BCUT2D eigenvalue weighted by Crippen LogP contribution is 2.21. The number of likely N-dealkylation sites (tertiary alicyclic amines) is 1. The fourth-order valence-electron chi connectivity index (χ4n) is 2.87. The van der Waals surface area contributed by atoms with Crippen molar-refractivity contribution in [2.75, 3.05) is 32.4 Å². The molecule has 7 nitrogen and oxygen atoms in total. The van der Waals surface area contributed by atoms with Crippen molar-refractivity contribution in [3.8, 4) is 11.4 Å². The predicted octanol–water partition coefficient (Wildman–Crippen LogP) is 0.912. The van der Waals surface area contributed by atoms with E-state index in [4.69, 9.17) is 5.73 Å². The maximum atomic E-state index is 12.4. The SMILES string of the molecule is CN1CCC(O)(CNC(=O)c2cccc(-c3nccc(N)n3)c2)CC1. The molecule has 0 saturated carbocycles. The molecule has 1 fully saturated rings. The van der Waals surface area contributed by atoms with E-state index in [0.717, 1.165) is 18.7 Å². The van der Waals surface area contributed by atoms with Gasteiger partial charge in [-0.25, -0.2) is 9.97 Å². The van der Waals surface area contributed by atoms with Gasteiger partial charge in [0.05, 0.1) is 5.60 Å². The molecule has 1 aromatic carbocycles. The van der Waals surface area contributed by atoms with Gasteiger partial charge in [-0.1, -0.05) is 12.1 Å². The number of hydrogen-bond donors (Lipinski definition) is 3. The normalized spacial score (nSPS) is 17.2. The number of nitrogen functional groups attached to an aromatic ring is 1. The third-order valence-corrected chi connectivity index (χ3v) is 4.56. The molecule has 4 N–H and O–H groups in total. The molecular weight excluding hydrogens is 318 g/mol. The lowest BCUT2D eigenvalue weighted by Gasteiger charge is -2.36. The molecule has 0 aliphatic carbocycles. The Kier molecular flexibility index (Phi) is 4.96. The van der Waals surface area contributed by atoms with Crippen molar-refractivity contribution in [3.63, 3.8) is 0 Å². The van der Waals surface area contributed by atoms with E-state index in [0.29, 0.717) is 30.0 Å². The van der Waals surface area contributed by atoms with Crippen molar-refractivity contribution in [2.45, 2.75) is 18.4 Å². The maximum absolute atomic E-state index is 12.4. The Morgan fingerprint density at radius 1 is 1.36 bits per heavy atom. The van der Waals surface area contributed by atoms with Crippen LogP contribution < -0.4 is 11.1 Å². The van der Waals surface area contributed by atoms with E-state index >= 15 is 0 Å². The fraction of sp³-hybridized carbons (Fsp3) is 0.389. The smallest absolute Gasteiger partial charge is 0.251 e. The molecule has 1 saturated heterocycles. The topological polar surface area (TPSA) is 104 Å². The molecule has 2 heterocycles. The van der Waals surface area contributed by atoms with Crippen LogP contribution in [0.3, 0.4) is 0 Å². The molecule has 1 aliphatic rings. The van der Waals surface area contributed by atoms with Gasteiger partial charge >= 0.3 is 0 Å². The molecule has 0 atom stereocenters. The first kappa shape index (κ1) is 17.3. The fourth-order valence-corrected chi connectivity index (χ4v) is 2.87. The number of amides is 1. The third-order valence-electron chi connectivity index (χ3n) is 4.56. The Balaban J connectivity index is 1.67. The molecule has 0 bridgehead atoms. The van der Waals surface area contributed by atoms with Crippen molar-refractivity contribution in [1.82, 2.24) is 20.2 Å². The van der Waals surface area contributed by atoms with Crippen molar-refractivity contribution in [2.24, 2.45) is 0 Å². The van der Waals surface area contributed by atoms with E-state index in [2.05, 4.69) is 20.2 Å². The molecule has 0 spiro atoms. The standard InChI is InChI=1S/C18H23N5O2/c1-23-9-6-18(25,7-10-23)12-21-17(24)14-4-2-3-13(11-14)16-20-8-5-15(19)22-16/h2-5,8,11,25H,6-7,9-10,12H2,1H3,(H,21,24)(H2,19,20,22). The number of piperidine rings is 1. The number of hydrogen-bond acceptors (Lipinski definition) is 6. The molecule has 2 aromatic rings. The minimum absolute atomic E-state index is 0.224. The van der Waals surface area contributed by atoms with Crippen molar-refractivity contribution < 1.29 is 9.90 Å². The highest BCUT2D eigenvalue weighted by molar-refractivity contribution is 5.95. The van der Waals surface area contributed by atoms with Crippen LogP contribution in [0.2, 0.25) is 0 Å². The third kappa shape index (κ3) is 4.32. The van der Waals surface area contributed by atoms with Crippen molar-refractivity contribution in [1.29, 1.82) is 0 Å². The Bertz CT molecular complexity index is 757. The predicted molar refractivity (Wildman–Crippen MR) is 95.9 cm³/mol. The van der Waals surface area contributed by atoms with Gasteiger partial charge in [0.25, 0.3) is 5.91 Å². The number of rotatable bonds is 4. The number of aliphatic hydroxyl groups is 1. The second kappa shape index (κ2) is 7.16. The summed E-state index contributed by atoms with van der Waals surface area (Å²) in [5, 5.41) is 13.4. The number of carbonyl (C=O) groups excluding carboxylic acids is 1. The van der Waals surface area contributed by atoms with Crippen LogP contribution in [0.15, 0.2) is 36.5 Å². The monoisotopic (exact) mass is 341 g/mol. The van der Waals surface area contributed by atoms with E-state index in [9.17, 15) is 9.90 Å². The lowest BCUT2D eigenvalue weighted by Crippen LogP contribution is -2.50. The van der Waals surface area contributed by atoms with Crippen LogP contribution in [0.25, 0.3) is 11.4 Å². The number of anilines is 1. The summed E-state index contributed by atoms with van der Waals surface area (Å²) in [6, 6.07) is 8.67. The van der Waals surface area contributed by atoms with E-state index in [1.165, 1.54) is 0 Å². The largest absolute Gasteiger partial charge is 0.388 e. The van der Waals surface area contributed by atoms with Gasteiger partial charge in [0.2, 0.25) is 0 Å². The van der Waals surface area contributed by atoms with Gasteiger partial charge in [-0.05, 0) is 38.1 Å². The van der Waals surface area contributed by atoms with E-state index < -0.39 is 5.60 Å². The molecule has 7 heteroatoms. The number of aromatic nitrogens is 2. The first-order chi connectivity index (χ1) is 12.0. The highest BCUT2D eigenvalue weighted by Gasteiger charge is 2.31. The van der Waals surface area contributed by atoms with Crippen LogP contribution >= 0.6 is 0 Å². The van der Waals surface area contributed by atoms with Gasteiger partial charge in [-0.15, -0.1) is 0 Å². The molecular formula is C18H23N5O2. The summed E-state index contributed by atoms with van der Waals surface area (Å²) < 4.78 is 0. The van der Waals surface area contributed by atoms with Crippen LogP contribution in [0.1, 0.15) is 23.2 Å². The van der Waals surface area contributed by atoms with Crippen LogP contribution in [-0.4, -0.2) is 58.2 Å². The lowest BCUT2D eigenvalue weighted by molar-refractivity contribution is -0.0135. The minimum atomic E-state index is -0.837. The quantitative estimate of drug-likeness (QED) is 0.764. The summed E-state index contributed by atoms with van der Waals surface area (Å²) in [4.78, 5) is 23.0. The van der Waals surface area contributed by atoms with Gasteiger partial charge in [0, 0.05) is 37.0 Å². The summed E-state index contributed by atoms with van der Waals surface area (Å²) in [6.45, 7) is 1.90. The summed E-state index contributed by atoms with van der Waals surface area (Å²) in [6.07, 6.45) is 2.89. The van der Waals surface area contributed by atoms with Gasteiger partial charge in [0.15, 0.2) is 5.82 Å².